The van der Waals surface area contributed by atoms with E-state index < -0.39 is 23.5 Å². The van der Waals surface area contributed by atoms with Crippen molar-refractivity contribution in [2.75, 3.05) is 0 Å². The summed E-state index contributed by atoms with van der Waals surface area (Å²) < 4.78 is 28.1. The summed E-state index contributed by atoms with van der Waals surface area (Å²) in [5.41, 5.74) is -1.47. The number of amides is 1. The number of halogens is 2. The summed E-state index contributed by atoms with van der Waals surface area (Å²) >= 11 is 1.33. The smallest absolute Gasteiger partial charge is 0.352 e. The molecule has 7 heteroatoms. The zero-order valence-corrected chi connectivity index (χ0v) is 14.1. The summed E-state index contributed by atoms with van der Waals surface area (Å²) in [6, 6.07) is -0.622. The Balaban J connectivity index is 2.07. The Labute approximate surface area is 133 Å². The van der Waals surface area contributed by atoms with Crippen molar-refractivity contribution in [1.82, 2.24) is 10.3 Å². The van der Waals surface area contributed by atoms with E-state index >= 15 is 0 Å². The zero-order chi connectivity index (χ0) is 16.8. The Bertz CT molecular complexity index is 562. The number of carbonyl (C=O) groups is 1. The van der Waals surface area contributed by atoms with Gasteiger partial charge in [-0.1, -0.05) is 20.8 Å². The predicted molar refractivity (Wildman–Crippen MR) is 81.1 cm³/mol. The number of nitrogens with zero attached hydrogens (tertiary/aromatic N) is 1. The molecule has 1 aromatic heterocycles. The van der Waals surface area contributed by atoms with Crippen LogP contribution in [-0.4, -0.2) is 27.5 Å². The number of nitrogens with one attached hydrogen (secondary N) is 1. The molecule has 1 heterocycles. The molecule has 2 N–H and O–H groups in total. The Morgan fingerprint density at radius 3 is 2.45 bits per heavy atom. The predicted octanol–water partition coefficient (Wildman–Crippen LogP) is 3.17. The average molecular weight is 332 g/mol. The van der Waals surface area contributed by atoms with Crippen molar-refractivity contribution in [3.8, 4) is 0 Å². The number of rotatable bonds is 4. The van der Waals surface area contributed by atoms with Gasteiger partial charge in [0.1, 0.15) is 10.6 Å². The largest absolute Gasteiger partial charge is 0.383 e. The van der Waals surface area contributed by atoms with Crippen LogP contribution < -0.4 is 5.32 Å². The summed E-state index contributed by atoms with van der Waals surface area (Å²) in [5.74, 6) is -5.21. The molecule has 1 atom stereocenters. The quantitative estimate of drug-likeness (QED) is 0.890. The van der Waals surface area contributed by atoms with Gasteiger partial charge < -0.3 is 10.4 Å². The molecule has 0 aromatic carbocycles. The average Bonchev–Trinajstić information content (AvgIpc) is 2.84. The third-order valence-corrected chi connectivity index (χ3v) is 5.09. The van der Waals surface area contributed by atoms with Crippen LogP contribution in [0.15, 0.2) is 5.38 Å². The lowest BCUT2D eigenvalue weighted by molar-refractivity contribution is -0.216. The van der Waals surface area contributed by atoms with Crippen molar-refractivity contribution < 1.29 is 18.7 Å². The van der Waals surface area contributed by atoms with E-state index in [4.69, 9.17) is 0 Å². The molecule has 124 valence electrons. The molecule has 2 rings (SSSR count). The Kier molecular flexibility index (Phi) is 4.34. The van der Waals surface area contributed by atoms with E-state index in [9.17, 15) is 18.7 Å². The minimum Gasteiger partial charge on any atom is -0.383 e. The van der Waals surface area contributed by atoms with Gasteiger partial charge in [0.2, 0.25) is 0 Å². The van der Waals surface area contributed by atoms with Gasteiger partial charge in [0.25, 0.3) is 5.91 Å². The van der Waals surface area contributed by atoms with Gasteiger partial charge in [0.05, 0.1) is 11.7 Å². The van der Waals surface area contributed by atoms with Gasteiger partial charge >= 0.3 is 5.92 Å². The van der Waals surface area contributed by atoms with Crippen molar-refractivity contribution in [3.63, 3.8) is 0 Å². The fraction of sp³-hybridized carbons (Fsp3) is 0.733. The Morgan fingerprint density at radius 1 is 1.45 bits per heavy atom. The standard InChI is InChI=1S/C15H22F2N2O2S/c1-9(11-19-10(8-22-11)13(2,3)4)18-12(20)15(16,17)14(21)6-5-7-14/h8-9,21H,5-7H2,1-4H3,(H,18,20). The lowest BCUT2D eigenvalue weighted by Gasteiger charge is -2.41. The highest BCUT2D eigenvalue weighted by Crippen LogP contribution is 2.44. The molecule has 1 saturated carbocycles. The minimum atomic E-state index is -3.77. The molecule has 0 spiro atoms. The van der Waals surface area contributed by atoms with Gasteiger partial charge in [0, 0.05) is 10.8 Å². The molecule has 1 unspecified atom stereocenters. The lowest BCUT2D eigenvalue weighted by atomic mass is 9.75. The first-order valence-electron chi connectivity index (χ1n) is 7.34. The van der Waals surface area contributed by atoms with E-state index in [1.54, 1.807) is 6.92 Å². The van der Waals surface area contributed by atoms with Gasteiger partial charge in [-0.05, 0) is 26.2 Å². The second-order valence-electron chi connectivity index (χ2n) is 6.98. The molecule has 1 aliphatic rings. The molecule has 1 amide bonds. The number of hydrogen-bond donors (Lipinski definition) is 2. The first kappa shape index (κ1) is 17.3. The highest BCUT2D eigenvalue weighted by Gasteiger charge is 2.61. The third kappa shape index (κ3) is 3.01. The van der Waals surface area contributed by atoms with Gasteiger partial charge in [-0.2, -0.15) is 8.78 Å². The number of thiazole rings is 1. The van der Waals surface area contributed by atoms with E-state index in [1.165, 1.54) is 11.3 Å². The molecule has 1 aliphatic carbocycles. The minimum absolute atomic E-state index is 0.0484. The fourth-order valence-corrected chi connectivity index (χ4v) is 3.27. The molecular weight excluding hydrogens is 310 g/mol. The van der Waals surface area contributed by atoms with Crippen molar-refractivity contribution >= 4 is 17.2 Å². The van der Waals surface area contributed by atoms with Crippen molar-refractivity contribution in [3.05, 3.63) is 16.1 Å². The lowest BCUT2D eigenvalue weighted by Crippen LogP contribution is -2.60. The van der Waals surface area contributed by atoms with Crippen LogP contribution in [-0.2, 0) is 10.2 Å². The molecule has 0 saturated heterocycles. The fourth-order valence-electron chi connectivity index (χ4n) is 2.22. The van der Waals surface area contributed by atoms with Gasteiger partial charge in [0.15, 0.2) is 0 Å². The maximum Gasteiger partial charge on any atom is 0.352 e. The number of hydrogen-bond acceptors (Lipinski definition) is 4. The Morgan fingerprint density at radius 2 is 2.05 bits per heavy atom. The normalized spacial score (nSPS) is 19.4. The molecule has 1 fully saturated rings. The first-order chi connectivity index (χ1) is 9.97. The summed E-state index contributed by atoms with van der Waals surface area (Å²) in [7, 11) is 0. The second-order valence-corrected chi connectivity index (χ2v) is 7.87. The van der Waals surface area contributed by atoms with Crippen LogP contribution in [0.2, 0.25) is 0 Å². The second kappa shape index (κ2) is 5.53. The monoisotopic (exact) mass is 332 g/mol. The molecular formula is C15H22F2N2O2S. The number of aliphatic hydroxyl groups is 1. The van der Waals surface area contributed by atoms with Crippen molar-refractivity contribution in [1.29, 1.82) is 0 Å². The van der Waals surface area contributed by atoms with Gasteiger partial charge in [-0.15, -0.1) is 11.3 Å². The summed E-state index contributed by atoms with van der Waals surface area (Å²) in [5, 5.41) is 14.5. The van der Waals surface area contributed by atoms with E-state index in [-0.39, 0.29) is 18.3 Å². The van der Waals surface area contributed by atoms with Crippen LogP contribution in [0.5, 0.6) is 0 Å². The van der Waals surface area contributed by atoms with Crippen molar-refractivity contribution in [2.45, 2.75) is 69.9 Å². The molecule has 1 aromatic rings. The summed E-state index contributed by atoms with van der Waals surface area (Å²) in [6.07, 6.45) is 0.413. The molecule has 4 nitrogen and oxygen atoms in total. The number of aromatic nitrogens is 1. The summed E-state index contributed by atoms with van der Waals surface area (Å²) in [4.78, 5) is 16.3. The van der Waals surface area contributed by atoms with Crippen LogP contribution in [0.25, 0.3) is 0 Å². The van der Waals surface area contributed by atoms with Gasteiger partial charge in [-0.25, -0.2) is 4.98 Å². The molecule has 0 bridgehead atoms. The maximum atomic E-state index is 14.0. The van der Waals surface area contributed by atoms with E-state index in [1.807, 2.05) is 26.2 Å². The van der Waals surface area contributed by atoms with Crippen LogP contribution in [0.4, 0.5) is 8.78 Å². The van der Waals surface area contributed by atoms with Crippen LogP contribution >= 0.6 is 11.3 Å². The molecule has 22 heavy (non-hydrogen) atoms. The van der Waals surface area contributed by atoms with Crippen LogP contribution in [0.3, 0.4) is 0 Å². The molecule has 0 radical (unpaired) electrons. The zero-order valence-electron chi connectivity index (χ0n) is 13.2. The van der Waals surface area contributed by atoms with Gasteiger partial charge in [-0.3, -0.25) is 4.79 Å². The molecule has 0 aliphatic heterocycles. The Hall–Kier alpha value is -1.08. The third-order valence-electron chi connectivity index (χ3n) is 4.06. The van der Waals surface area contributed by atoms with Crippen LogP contribution in [0.1, 0.15) is 63.7 Å². The topological polar surface area (TPSA) is 62.2 Å². The van der Waals surface area contributed by atoms with E-state index in [0.717, 1.165) is 5.69 Å². The SMILES string of the molecule is CC(NC(=O)C(F)(F)C1(O)CCC1)c1nc(C(C)(C)C)cs1. The van der Waals surface area contributed by atoms with Crippen molar-refractivity contribution in [2.24, 2.45) is 0 Å². The highest BCUT2D eigenvalue weighted by atomic mass is 32.1. The highest BCUT2D eigenvalue weighted by molar-refractivity contribution is 7.09. The van der Waals surface area contributed by atoms with Crippen LogP contribution in [0, 0.1) is 0 Å². The maximum absolute atomic E-state index is 14.0. The first-order valence-corrected chi connectivity index (χ1v) is 8.22. The number of carbonyl (C=O) groups excluding carboxylic acids is 1. The number of alkyl halides is 2. The summed E-state index contributed by atoms with van der Waals surface area (Å²) in [6.45, 7) is 7.64. The van der Waals surface area contributed by atoms with E-state index in [0.29, 0.717) is 11.4 Å². The van der Waals surface area contributed by atoms with E-state index in [2.05, 4.69) is 10.3 Å².